The van der Waals surface area contributed by atoms with Gasteiger partial charge in [0.15, 0.2) is 0 Å². The molecule has 2 aromatic rings. The molecule has 0 spiro atoms. The molecule has 0 bridgehead atoms. The van der Waals surface area contributed by atoms with Crippen LogP contribution in [0.5, 0.6) is 0 Å². The molecule has 1 unspecified atom stereocenters. The van der Waals surface area contributed by atoms with Crippen molar-refractivity contribution in [2.75, 3.05) is 5.33 Å². The number of benzene rings is 1. The number of hydrogen-bond acceptors (Lipinski definition) is 2. The topological polar surface area (TPSA) is 12.9 Å². The Hall–Kier alpha value is -0.670. The summed E-state index contributed by atoms with van der Waals surface area (Å²) in [5, 5.41) is 4.41. The lowest BCUT2D eigenvalue weighted by Crippen LogP contribution is -2.12. The van der Waals surface area contributed by atoms with Crippen LogP contribution in [0.3, 0.4) is 0 Å². The SMILES string of the molecule is Cc1ccc(C(CBr)Cc2nc(C(C)(C)C)cs2)cc1. The van der Waals surface area contributed by atoms with Crippen molar-refractivity contribution in [2.24, 2.45) is 0 Å². The van der Waals surface area contributed by atoms with Gasteiger partial charge in [-0.1, -0.05) is 66.5 Å². The molecule has 0 aliphatic rings. The van der Waals surface area contributed by atoms with Crippen molar-refractivity contribution in [1.29, 1.82) is 0 Å². The second kappa shape index (κ2) is 6.40. The molecule has 1 aromatic carbocycles. The van der Waals surface area contributed by atoms with Crippen LogP contribution in [0.1, 0.15) is 48.5 Å². The van der Waals surface area contributed by atoms with Crippen LogP contribution in [0.25, 0.3) is 0 Å². The molecule has 0 saturated carbocycles. The van der Waals surface area contributed by atoms with Crippen LogP contribution in [0.15, 0.2) is 29.6 Å². The average Bonchev–Trinajstić information content (AvgIpc) is 2.85. The molecule has 3 heteroatoms. The molecule has 0 aliphatic carbocycles. The van der Waals surface area contributed by atoms with Gasteiger partial charge >= 0.3 is 0 Å². The fourth-order valence-electron chi connectivity index (χ4n) is 2.06. The molecule has 0 fully saturated rings. The Kier molecular flexibility index (Phi) is 5.03. The van der Waals surface area contributed by atoms with E-state index in [1.54, 1.807) is 11.3 Å². The number of hydrogen-bond donors (Lipinski definition) is 0. The first kappa shape index (κ1) is 15.7. The summed E-state index contributed by atoms with van der Waals surface area (Å²) in [5.41, 5.74) is 4.05. The summed E-state index contributed by atoms with van der Waals surface area (Å²) in [6.07, 6.45) is 1.01. The fourth-order valence-corrected chi connectivity index (χ4v) is 3.77. The summed E-state index contributed by atoms with van der Waals surface area (Å²) in [6.45, 7) is 8.78. The van der Waals surface area contributed by atoms with Gasteiger partial charge in [-0.15, -0.1) is 11.3 Å². The molecule has 20 heavy (non-hydrogen) atoms. The molecular weight excluding hydrogens is 330 g/mol. The molecule has 0 radical (unpaired) electrons. The van der Waals surface area contributed by atoms with Crippen molar-refractivity contribution in [3.8, 4) is 0 Å². The van der Waals surface area contributed by atoms with Crippen LogP contribution in [-0.2, 0) is 11.8 Å². The molecular formula is C17H22BrNS. The minimum Gasteiger partial charge on any atom is -0.246 e. The van der Waals surface area contributed by atoms with E-state index in [-0.39, 0.29) is 5.41 Å². The first-order valence-corrected chi connectivity index (χ1v) is 8.97. The second-order valence-corrected chi connectivity index (χ2v) is 7.93. The van der Waals surface area contributed by atoms with E-state index in [1.807, 2.05) is 0 Å². The highest BCUT2D eigenvalue weighted by Crippen LogP contribution is 2.28. The maximum absolute atomic E-state index is 4.81. The van der Waals surface area contributed by atoms with E-state index in [9.17, 15) is 0 Å². The van der Waals surface area contributed by atoms with E-state index in [1.165, 1.54) is 21.8 Å². The van der Waals surface area contributed by atoms with Crippen LogP contribution in [0, 0.1) is 6.92 Å². The van der Waals surface area contributed by atoms with E-state index < -0.39 is 0 Å². The van der Waals surface area contributed by atoms with Crippen LogP contribution in [0.2, 0.25) is 0 Å². The lowest BCUT2D eigenvalue weighted by Gasteiger charge is -2.15. The zero-order chi connectivity index (χ0) is 14.8. The van der Waals surface area contributed by atoms with Crippen molar-refractivity contribution < 1.29 is 0 Å². The zero-order valence-corrected chi connectivity index (χ0v) is 15.0. The average molecular weight is 352 g/mol. The van der Waals surface area contributed by atoms with Gasteiger partial charge in [0.1, 0.15) is 0 Å². The Morgan fingerprint density at radius 1 is 1.20 bits per heavy atom. The molecule has 0 saturated heterocycles. The fraction of sp³-hybridized carbons (Fsp3) is 0.471. The Bertz CT molecular complexity index is 551. The first-order chi connectivity index (χ1) is 9.40. The normalized spacial score (nSPS) is 13.4. The standard InChI is InChI=1S/C17H22BrNS/c1-12-5-7-13(8-6-12)14(10-18)9-16-19-15(11-20-16)17(2,3)4/h5-8,11,14H,9-10H2,1-4H3. The predicted octanol–water partition coefficient (Wildman–Crippen LogP) is 5.47. The van der Waals surface area contributed by atoms with Crippen molar-refractivity contribution in [3.63, 3.8) is 0 Å². The van der Waals surface area contributed by atoms with Crippen molar-refractivity contribution in [3.05, 3.63) is 51.5 Å². The first-order valence-electron chi connectivity index (χ1n) is 6.97. The third kappa shape index (κ3) is 3.92. The Morgan fingerprint density at radius 3 is 2.35 bits per heavy atom. The monoisotopic (exact) mass is 351 g/mol. The molecule has 1 atom stereocenters. The number of aryl methyl sites for hydroxylation is 1. The van der Waals surface area contributed by atoms with E-state index >= 15 is 0 Å². The van der Waals surface area contributed by atoms with Gasteiger partial charge in [-0.25, -0.2) is 4.98 Å². The van der Waals surface area contributed by atoms with E-state index in [0.29, 0.717) is 5.92 Å². The Morgan fingerprint density at radius 2 is 1.85 bits per heavy atom. The summed E-state index contributed by atoms with van der Waals surface area (Å²) in [5.74, 6) is 0.495. The highest BCUT2D eigenvalue weighted by atomic mass is 79.9. The van der Waals surface area contributed by atoms with Crippen molar-refractivity contribution in [1.82, 2.24) is 4.98 Å². The van der Waals surface area contributed by atoms with Crippen LogP contribution in [-0.4, -0.2) is 10.3 Å². The maximum Gasteiger partial charge on any atom is 0.0934 e. The number of rotatable bonds is 4. The predicted molar refractivity (Wildman–Crippen MR) is 92.2 cm³/mol. The Labute approximate surface area is 134 Å². The van der Waals surface area contributed by atoms with Crippen LogP contribution >= 0.6 is 27.3 Å². The van der Waals surface area contributed by atoms with E-state index in [4.69, 9.17) is 4.98 Å². The lowest BCUT2D eigenvalue weighted by atomic mass is 9.93. The second-order valence-electron chi connectivity index (χ2n) is 6.34. The van der Waals surface area contributed by atoms with Crippen LogP contribution in [0.4, 0.5) is 0 Å². The molecule has 108 valence electrons. The summed E-state index contributed by atoms with van der Waals surface area (Å²) in [7, 11) is 0. The van der Waals surface area contributed by atoms with Crippen LogP contribution < -0.4 is 0 Å². The third-order valence-electron chi connectivity index (χ3n) is 3.48. The quantitative estimate of drug-likeness (QED) is 0.665. The van der Waals surface area contributed by atoms with Crippen molar-refractivity contribution >= 4 is 27.3 Å². The smallest absolute Gasteiger partial charge is 0.0934 e. The molecule has 0 amide bonds. The summed E-state index contributed by atoms with van der Waals surface area (Å²) >= 11 is 5.44. The highest BCUT2D eigenvalue weighted by Gasteiger charge is 2.19. The highest BCUT2D eigenvalue weighted by molar-refractivity contribution is 9.09. The van der Waals surface area contributed by atoms with Gasteiger partial charge < -0.3 is 0 Å². The molecule has 1 heterocycles. The third-order valence-corrected chi connectivity index (χ3v) is 5.13. The number of alkyl halides is 1. The van der Waals surface area contributed by atoms with Gasteiger partial charge in [0, 0.05) is 22.5 Å². The molecule has 0 N–H and O–H groups in total. The van der Waals surface area contributed by atoms with Gasteiger partial charge in [-0.3, -0.25) is 0 Å². The molecule has 1 nitrogen and oxygen atoms in total. The maximum atomic E-state index is 4.81. The summed E-state index contributed by atoms with van der Waals surface area (Å²) in [6, 6.07) is 8.85. The van der Waals surface area contributed by atoms with Gasteiger partial charge in [-0.05, 0) is 18.4 Å². The van der Waals surface area contributed by atoms with Gasteiger partial charge in [0.25, 0.3) is 0 Å². The van der Waals surface area contributed by atoms with Gasteiger partial charge in [0.2, 0.25) is 0 Å². The Balaban J connectivity index is 2.14. The zero-order valence-electron chi connectivity index (χ0n) is 12.6. The number of aromatic nitrogens is 1. The minimum atomic E-state index is 0.141. The summed E-state index contributed by atoms with van der Waals surface area (Å²) in [4.78, 5) is 4.81. The minimum absolute atomic E-state index is 0.141. The van der Waals surface area contributed by atoms with Gasteiger partial charge in [-0.2, -0.15) is 0 Å². The summed E-state index contributed by atoms with van der Waals surface area (Å²) < 4.78 is 0. The number of halogens is 1. The van der Waals surface area contributed by atoms with E-state index in [0.717, 1.165) is 11.8 Å². The van der Waals surface area contributed by atoms with E-state index in [2.05, 4.69) is 73.3 Å². The largest absolute Gasteiger partial charge is 0.246 e. The number of thiazole rings is 1. The molecule has 0 aliphatic heterocycles. The van der Waals surface area contributed by atoms with Gasteiger partial charge in [0.05, 0.1) is 10.7 Å². The number of nitrogens with zero attached hydrogens (tertiary/aromatic N) is 1. The molecule has 1 aromatic heterocycles. The lowest BCUT2D eigenvalue weighted by molar-refractivity contribution is 0.569. The molecule has 2 rings (SSSR count). The van der Waals surface area contributed by atoms with Crippen molar-refractivity contribution in [2.45, 2.75) is 45.4 Å².